The molecule has 2 N–H and O–H groups in total. The quantitative estimate of drug-likeness (QED) is 0.810. The Morgan fingerprint density at radius 3 is 2.67 bits per heavy atom. The maximum Gasteiger partial charge on any atom is 0.0540 e. The molecule has 15 heavy (non-hydrogen) atoms. The zero-order valence-electron chi connectivity index (χ0n) is 10.3. The molecule has 2 unspecified atom stereocenters. The van der Waals surface area contributed by atoms with E-state index in [9.17, 15) is 0 Å². The first-order valence-electron chi connectivity index (χ1n) is 5.80. The van der Waals surface area contributed by atoms with E-state index in [0.29, 0.717) is 5.92 Å². The number of hydrogen-bond donors (Lipinski definition) is 1. The first-order valence-corrected chi connectivity index (χ1v) is 5.80. The predicted octanol–water partition coefficient (Wildman–Crippen LogP) is 2.55. The van der Waals surface area contributed by atoms with Crippen molar-refractivity contribution in [3.63, 3.8) is 0 Å². The van der Waals surface area contributed by atoms with Crippen molar-refractivity contribution in [2.45, 2.75) is 46.1 Å². The lowest BCUT2D eigenvalue weighted by atomic mass is 9.94. The molecular weight excluding hydrogens is 186 g/mol. The van der Waals surface area contributed by atoms with Crippen LogP contribution in [0.15, 0.2) is 6.20 Å². The van der Waals surface area contributed by atoms with E-state index in [-0.39, 0.29) is 6.04 Å². The van der Waals surface area contributed by atoms with Crippen LogP contribution in [0.2, 0.25) is 0 Å². The molecular formula is C12H23N3. The molecule has 0 aliphatic rings. The largest absolute Gasteiger partial charge is 0.324 e. The summed E-state index contributed by atoms with van der Waals surface area (Å²) in [7, 11) is 1.96. The van der Waals surface area contributed by atoms with Crippen LogP contribution in [0.3, 0.4) is 0 Å². The predicted molar refractivity (Wildman–Crippen MR) is 63.6 cm³/mol. The van der Waals surface area contributed by atoms with Crippen LogP contribution in [0.5, 0.6) is 0 Å². The molecule has 0 radical (unpaired) electrons. The molecule has 0 saturated carbocycles. The average Bonchev–Trinajstić information content (AvgIpc) is 2.48. The fourth-order valence-corrected chi connectivity index (χ4v) is 2.05. The Morgan fingerprint density at radius 1 is 1.53 bits per heavy atom. The Bertz CT molecular complexity index is 304. The number of nitrogens with two attached hydrogens (primary N) is 1. The Balaban J connectivity index is 2.60. The Labute approximate surface area is 92.7 Å². The van der Waals surface area contributed by atoms with Crippen LogP contribution in [-0.4, -0.2) is 9.78 Å². The number of rotatable bonds is 5. The van der Waals surface area contributed by atoms with E-state index in [0.717, 1.165) is 6.42 Å². The molecule has 0 aliphatic carbocycles. The molecule has 3 heteroatoms. The molecule has 0 saturated heterocycles. The van der Waals surface area contributed by atoms with Gasteiger partial charge in [-0.05, 0) is 19.3 Å². The van der Waals surface area contributed by atoms with Crippen LogP contribution in [0.1, 0.15) is 50.4 Å². The SMILES string of the molecule is CCCC(C)CC(N)c1cnn(C)c1C. The van der Waals surface area contributed by atoms with E-state index in [1.807, 2.05) is 17.9 Å². The second-order valence-corrected chi connectivity index (χ2v) is 4.54. The van der Waals surface area contributed by atoms with Gasteiger partial charge in [0.25, 0.3) is 0 Å². The van der Waals surface area contributed by atoms with Gasteiger partial charge in [0.05, 0.1) is 6.20 Å². The van der Waals surface area contributed by atoms with Gasteiger partial charge >= 0.3 is 0 Å². The highest BCUT2D eigenvalue weighted by molar-refractivity contribution is 5.19. The van der Waals surface area contributed by atoms with Gasteiger partial charge in [0, 0.05) is 24.3 Å². The zero-order chi connectivity index (χ0) is 11.4. The number of hydrogen-bond acceptors (Lipinski definition) is 2. The Morgan fingerprint density at radius 2 is 2.20 bits per heavy atom. The summed E-state index contributed by atoms with van der Waals surface area (Å²) in [4.78, 5) is 0. The fraction of sp³-hybridized carbons (Fsp3) is 0.750. The minimum absolute atomic E-state index is 0.139. The second-order valence-electron chi connectivity index (χ2n) is 4.54. The van der Waals surface area contributed by atoms with Gasteiger partial charge in [-0.3, -0.25) is 4.68 Å². The third kappa shape index (κ3) is 3.06. The van der Waals surface area contributed by atoms with E-state index < -0.39 is 0 Å². The highest BCUT2D eigenvalue weighted by atomic mass is 15.3. The lowest BCUT2D eigenvalue weighted by molar-refractivity contribution is 0.439. The zero-order valence-corrected chi connectivity index (χ0v) is 10.3. The number of nitrogens with zero attached hydrogens (tertiary/aromatic N) is 2. The van der Waals surface area contributed by atoms with Crippen molar-refractivity contribution in [1.29, 1.82) is 0 Å². The van der Waals surface area contributed by atoms with Crippen LogP contribution in [0, 0.1) is 12.8 Å². The van der Waals surface area contributed by atoms with Gasteiger partial charge in [0.15, 0.2) is 0 Å². The van der Waals surface area contributed by atoms with E-state index in [2.05, 4.69) is 25.9 Å². The Kier molecular flexibility index (Phi) is 4.33. The summed E-state index contributed by atoms with van der Waals surface area (Å²) in [5.41, 5.74) is 8.57. The van der Waals surface area contributed by atoms with Gasteiger partial charge in [-0.15, -0.1) is 0 Å². The first kappa shape index (κ1) is 12.2. The highest BCUT2D eigenvalue weighted by Gasteiger charge is 2.15. The minimum Gasteiger partial charge on any atom is -0.324 e. The molecule has 0 aromatic carbocycles. The van der Waals surface area contributed by atoms with Crippen LogP contribution in [0.25, 0.3) is 0 Å². The van der Waals surface area contributed by atoms with Crippen LogP contribution in [-0.2, 0) is 7.05 Å². The first-order chi connectivity index (χ1) is 7.06. The summed E-state index contributed by atoms with van der Waals surface area (Å²) in [5, 5.41) is 4.23. The summed E-state index contributed by atoms with van der Waals surface area (Å²) in [6.07, 6.45) is 5.45. The van der Waals surface area contributed by atoms with E-state index >= 15 is 0 Å². The van der Waals surface area contributed by atoms with Crippen molar-refractivity contribution in [3.8, 4) is 0 Å². The van der Waals surface area contributed by atoms with Gasteiger partial charge in [-0.1, -0.05) is 26.7 Å². The molecule has 0 aliphatic heterocycles. The van der Waals surface area contributed by atoms with Crippen molar-refractivity contribution in [2.75, 3.05) is 0 Å². The van der Waals surface area contributed by atoms with Crippen molar-refractivity contribution >= 4 is 0 Å². The minimum atomic E-state index is 0.139. The third-order valence-corrected chi connectivity index (χ3v) is 3.11. The van der Waals surface area contributed by atoms with Crippen LogP contribution < -0.4 is 5.73 Å². The number of aryl methyl sites for hydroxylation is 1. The lowest BCUT2D eigenvalue weighted by Gasteiger charge is -2.16. The summed E-state index contributed by atoms with van der Waals surface area (Å²) < 4.78 is 1.89. The van der Waals surface area contributed by atoms with Gasteiger partial charge in [0.1, 0.15) is 0 Å². The summed E-state index contributed by atoms with van der Waals surface area (Å²) in [5.74, 6) is 0.699. The van der Waals surface area contributed by atoms with E-state index in [1.165, 1.54) is 24.1 Å². The van der Waals surface area contributed by atoms with Crippen molar-refractivity contribution in [2.24, 2.45) is 18.7 Å². The summed E-state index contributed by atoms with van der Waals surface area (Å²) >= 11 is 0. The second kappa shape index (κ2) is 5.31. The molecule has 0 spiro atoms. The number of aromatic nitrogens is 2. The molecule has 0 amide bonds. The standard InChI is InChI=1S/C12H23N3/c1-5-6-9(2)7-12(13)11-8-14-15(4)10(11)3/h8-9,12H,5-7,13H2,1-4H3. The molecule has 1 aromatic rings. The normalized spacial score (nSPS) is 15.3. The molecule has 0 bridgehead atoms. The molecule has 0 fully saturated rings. The molecule has 86 valence electrons. The molecule has 2 atom stereocenters. The smallest absolute Gasteiger partial charge is 0.0540 e. The molecule has 3 nitrogen and oxygen atoms in total. The highest BCUT2D eigenvalue weighted by Crippen LogP contribution is 2.23. The van der Waals surface area contributed by atoms with Gasteiger partial charge in [0.2, 0.25) is 0 Å². The van der Waals surface area contributed by atoms with Gasteiger partial charge < -0.3 is 5.73 Å². The van der Waals surface area contributed by atoms with E-state index in [1.54, 1.807) is 0 Å². The van der Waals surface area contributed by atoms with E-state index in [4.69, 9.17) is 5.73 Å². The maximum atomic E-state index is 6.19. The van der Waals surface area contributed by atoms with Crippen molar-refractivity contribution < 1.29 is 0 Å². The topological polar surface area (TPSA) is 43.8 Å². The average molecular weight is 209 g/mol. The monoisotopic (exact) mass is 209 g/mol. The van der Waals surface area contributed by atoms with Crippen LogP contribution >= 0.6 is 0 Å². The van der Waals surface area contributed by atoms with Crippen molar-refractivity contribution in [1.82, 2.24) is 9.78 Å². The molecule has 1 rings (SSSR count). The molecule has 1 aromatic heterocycles. The maximum absolute atomic E-state index is 6.19. The van der Waals surface area contributed by atoms with Crippen LogP contribution in [0.4, 0.5) is 0 Å². The van der Waals surface area contributed by atoms with Gasteiger partial charge in [-0.25, -0.2) is 0 Å². The summed E-state index contributed by atoms with van der Waals surface area (Å²) in [6, 6.07) is 0.139. The molecule has 1 heterocycles. The Hall–Kier alpha value is -0.830. The summed E-state index contributed by atoms with van der Waals surface area (Å²) in [6.45, 7) is 6.57. The van der Waals surface area contributed by atoms with Gasteiger partial charge in [-0.2, -0.15) is 5.10 Å². The van der Waals surface area contributed by atoms with Crippen molar-refractivity contribution in [3.05, 3.63) is 17.5 Å². The third-order valence-electron chi connectivity index (χ3n) is 3.11. The lowest BCUT2D eigenvalue weighted by Crippen LogP contribution is -2.15. The fourth-order valence-electron chi connectivity index (χ4n) is 2.05.